The van der Waals surface area contributed by atoms with Crippen LogP contribution in [-0.2, 0) is 9.59 Å². The Hall–Kier alpha value is -3.48. The summed E-state index contributed by atoms with van der Waals surface area (Å²) in [4.78, 5) is 27.7. The molecule has 2 aromatic carbocycles. The van der Waals surface area contributed by atoms with Crippen LogP contribution < -0.4 is 14.4 Å². The molecule has 32 heavy (non-hydrogen) atoms. The summed E-state index contributed by atoms with van der Waals surface area (Å²) >= 11 is 0. The van der Waals surface area contributed by atoms with Gasteiger partial charge in [-0.1, -0.05) is 26.0 Å². The van der Waals surface area contributed by atoms with E-state index < -0.39 is 17.7 Å². The Morgan fingerprint density at radius 3 is 2.44 bits per heavy atom. The van der Waals surface area contributed by atoms with Gasteiger partial charge >= 0.3 is 0 Å². The number of ether oxygens (including phenoxy) is 2. The molecule has 0 spiro atoms. The number of nitrogens with zero attached hydrogens (tertiary/aromatic N) is 1. The maximum Gasteiger partial charge on any atom is 0.294 e. The summed E-state index contributed by atoms with van der Waals surface area (Å²) in [6.07, 6.45) is 0.187. The SMILES string of the molecule is CCOc1cccc(N2C(=O)C(O)=C(C(=O)CC(C)C)C2c2ccc(O)c(OCC)c2)c1. The van der Waals surface area contributed by atoms with Gasteiger partial charge in [-0.25, -0.2) is 0 Å². The lowest BCUT2D eigenvalue weighted by atomic mass is 9.91. The molecule has 0 fully saturated rings. The molecule has 1 unspecified atom stereocenters. The normalized spacial score (nSPS) is 16.1. The Balaban J connectivity index is 2.16. The summed E-state index contributed by atoms with van der Waals surface area (Å²) in [7, 11) is 0. The standard InChI is InChI=1S/C25H29NO6/c1-5-31-18-9-7-8-17(14-18)26-23(16-10-11-19(27)21(13-16)32-6-2)22(24(29)25(26)30)20(28)12-15(3)4/h7-11,13-15,23,27,29H,5-6,12H2,1-4H3. The molecule has 2 N–H and O–H groups in total. The monoisotopic (exact) mass is 439 g/mol. The Morgan fingerprint density at radius 2 is 1.78 bits per heavy atom. The molecule has 0 aromatic heterocycles. The third-order valence-corrected chi connectivity index (χ3v) is 5.11. The molecule has 1 amide bonds. The molecule has 1 aliphatic rings. The van der Waals surface area contributed by atoms with E-state index in [0.717, 1.165) is 0 Å². The number of hydrogen-bond donors (Lipinski definition) is 2. The average molecular weight is 440 g/mol. The topological polar surface area (TPSA) is 96.3 Å². The number of Topliss-reactive ketones (excluding diaryl/α,β-unsaturated/α-hetero) is 1. The van der Waals surface area contributed by atoms with Gasteiger partial charge in [0.2, 0.25) is 0 Å². The molecule has 0 radical (unpaired) electrons. The lowest BCUT2D eigenvalue weighted by Gasteiger charge is -2.28. The number of phenolic OH excluding ortho intramolecular Hbond substituents is 1. The van der Waals surface area contributed by atoms with Crippen molar-refractivity contribution in [3.63, 3.8) is 0 Å². The van der Waals surface area contributed by atoms with Gasteiger partial charge in [0.15, 0.2) is 23.0 Å². The van der Waals surface area contributed by atoms with Crippen LogP contribution in [0.3, 0.4) is 0 Å². The molecule has 1 atom stereocenters. The highest BCUT2D eigenvalue weighted by Crippen LogP contribution is 2.44. The van der Waals surface area contributed by atoms with Crippen molar-refractivity contribution in [1.82, 2.24) is 0 Å². The molecule has 1 aliphatic heterocycles. The zero-order valence-electron chi connectivity index (χ0n) is 18.8. The number of hydrogen-bond acceptors (Lipinski definition) is 6. The van der Waals surface area contributed by atoms with Crippen molar-refractivity contribution in [2.24, 2.45) is 5.92 Å². The van der Waals surface area contributed by atoms with Gasteiger partial charge in [-0.15, -0.1) is 0 Å². The molecule has 0 saturated heterocycles. The van der Waals surface area contributed by atoms with Gasteiger partial charge in [0.05, 0.1) is 24.8 Å². The van der Waals surface area contributed by atoms with E-state index in [1.807, 2.05) is 20.8 Å². The summed E-state index contributed by atoms with van der Waals surface area (Å²) in [5.41, 5.74) is 1.06. The van der Waals surface area contributed by atoms with E-state index in [0.29, 0.717) is 30.2 Å². The third-order valence-electron chi connectivity index (χ3n) is 5.11. The number of aliphatic hydroxyl groups excluding tert-OH is 1. The van der Waals surface area contributed by atoms with E-state index in [2.05, 4.69) is 0 Å². The lowest BCUT2D eigenvalue weighted by Crippen LogP contribution is -2.31. The molecular weight excluding hydrogens is 410 g/mol. The van der Waals surface area contributed by atoms with Gasteiger partial charge in [0, 0.05) is 18.2 Å². The minimum absolute atomic E-state index is 0.0404. The van der Waals surface area contributed by atoms with E-state index in [9.17, 15) is 19.8 Å². The molecule has 0 bridgehead atoms. The molecule has 170 valence electrons. The van der Waals surface area contributed by atoms with Gasteiger partial charge in [-0.3, -0.25) is 14.5 Å². The molecule has 0 aliphatic carbocycles. The number of anilines is 1. The second-order valence-electron chi connectivity index (χ2n) is 7.95. The first-order chi connectivity index (χ1) is 15.3. The van der Waals surface area contributed by atoms with Crippen LogP contribution in [0.5, 0.6) is 17.2 Å². The van der Waals surface area contributed by atoms with Crippen molar-refractivity contribution in [2.45, 2.75) is 40.2 Å². The molecule has 2 aromatic rings. The van der Waals surface area contributed by atoms with Gasteiger partial charge in [-0.05, 0) is 49.6 Å². The van der Waals surface area contributed by atoms with Gasteiger partial charge in [-0.2, -0.15) is 0 Å². The first kappa shape index (κ1) is 23.2. The number of phenols is 1. The summed E-state index contributed by atoms with van der Waals surface area (Å²) in [6, 6.07) is 10.7. The predicted molar refractivity (Wildman–Crippen MR) is 121 cm³/mol. The minimum atomic E-state index is -0.870. The predicted octanol–water partition coefficient (Wildman–Crippen LogP) is 4.70. The number of benzene rings is 2. The first-order valence-electron chi connectivity index (χ1n) is 10.8. The number of carbonyl (C=O) groups is 2. The number of ketones is 1. The number of carbonyl (C=O) groups excluding carboxylic acids is 2. The third kappa shape index (κ3) is 4.56. The van der Waals surface area contributed by atoms with E-state index in [-0.39, 0.29) is 35.2 Å². The van der Waals surface area contributed by atoms with Crippen molar-refractivity contribution in [1.29, 1.82) is 0 Å². The lowest BCUT2D eigenvalue weighted by molar-refractivity contribution is -0.118. The Labute approximate surface area is 187 Å². The number of rotatable bonds is 9. The molecule has 1 heterocycles. The maximum absolute atomic E-state index is 13.2. The molecule has 7 nitrogen and oxygen atoms in total. The van der Waals surface area contributed by atoms with Crippen molar-refractivity contribution >= 4 is 17.4 Å². The van der Waals surface area contributed by atoms with Crippen LogP contribution in [0.4, 0.5) is 5.69 Å². The van der Waals surface area contributed by atoms with Crippen molar-refractivity contribution in [2.75, 3.05) is 18.1 Å². The van der Waals surface area contributed by atoms with Gasteiger partial charge < -0.3 is 19.7 Å². The fourth-order valence-corrected chi connectivity index (χ4v) is 3.81. The Kier molecular flexibility index (Phi) is 7.08. The van der Waals surface area contributed by atoms with Crippen LogP contribution in [0.25, 0.3) is 0 Å². The van der Waals surface area contributed by atoms with Crippen molar-refractivity contribution < 1.29 is 29.3 Å². The highest BCUT2D eigenvalue weighted by atomic mass is 16.5. The number of amides is 1. The number of aliphatic hydroxyl groups is 1. The van der Waals surface area contributed by atoms with E-state index in [4.69, 9.17) is 9.47 Å². The van der Waals surface area contributed by atoms with Crippen molar-refractivity contribution in [3.05, 3.63) is 59.4 Å². The summed E-state index contributed by atoms with van der Waals surface area (Å²) in [5, 5.41) is 20.9. The van der Waals surface area contributed by atoms with Gasteiger partial charge in [0.25, 0.3) is 5.91 Å². The highest BCUT2D eigenvalue weighted by molar-refractivity contribution is 6.16. The summed E-state index contributed by atoms with van der Waals surface area (Å²) < 4.78 is 11.1. The van der Waals surface area contributed by atoms with Crippen molar-refractivity contribution in [3.8, 4) is 17.2 Å². The summed E-state index contributed by atoms with van der Waals surface area (Å²) in [6.45, 7) is 8.24. The molecule has 0 saturated carbocycles. The molecule has 7 heteroatoms. The van der Waals surface area contributed by atoms with Crippen LogP contribution in [0.15, 0.2) is 53.8 Å². The minimum Gasteiger partial charge on any atom is -0.504 e. The molecule has 3 rings (SSSR count). The fourth-order valence-electron chi connectivity index (χ4n) is 3.81. The largest absolute Gasteiger partial charge is 0.504 e. The van der Waals surface area contributed by atoms with Crippen LogP contribution in [0, 0.1) is 5.92 Å². The van der Waals surface area contributed by atoms with Crippen LogP contribution in [0.1, 0.15) is 45.7 Å². The second kappa shape index (κ2) is 9.77. The summed E-state index contributed by atoms with van der Waals surface area (Å²) in [5.74, 6) is -0.720. The smallest absolute Gasteiger partial charge is 0.294 e. The van der Waals surface area contributed by atoms with Crippen LogP contribution in [-0.4, -0.2) is 35.1 Å². The van der Waals surface area contributed by atoms with E-state index in [1.54, 1.807) is 43.3 Å². The van der Waals surface area contributed by atoms with Gasteiger partial charge in [0.1, 0.15) is 5.75 Å². The molecular formula is C25H29NO6. The van der Waals surface area contributed by atoms with Crippen LogP contribution in [0.2, 0.25) is 0 Å². The zero-order valence-corrected chi connectivity index (χ0v) is 18.8. The first-order valence-corrected chi connectivity index (χ1v) is 10.8. The second-order valence-corrected chi connectivity index (χ2v) is 7.95. The number of aromatic hydroxyl groups is 1. The average Bonchev–Trinajstić information content (AvgIpc) is 3.01. The highest BCUT2D eigenvalue weighted by Gasteiger charge is 2.44. The maximum atomic E-state index is 13.2. The fraction of sp³-hybridized carbons (Fsp3) is 0.360. The zero-order chi connectivity index (χ0) is 23.4. The Morgan fingerprint density at radius 1 is 1.06 bits per heavy atom. The van der Waals surface area contributed by atoms with E-state index >= 15 is 0 Å². The Bertz CT molecular complexity index is 1040. The van der Waals surface area contributed by atoms with E-state index in [1.165, 1.54) is 11.0 Å². The van der Waals surface area contributed by atoms with Crippen LogP contribution >= 0.6 is 0 Å². The quantitative estimate of drug-likeness (QED) is 0.588.